The van der Waals surface area contributed by atoms with Gasteiger partial charge in [-0.2, -0.15) is 0 Å². The molecule has 240 valence electrons. The SMILES string of the molecule is Cc1cc(C)cc(C2=CCC=C2c2cc(F)c(CS(=O)(=O)Cc3cc(F)c(C4=CCC=C4c4cc(C)cc(C)c4)cc3F)cc2F)c1. The minimum Gasteiger partial charge on any atom is -0.228 e. The van der Waals surface area contributed by atoms with Gasteiger partial charge in [-0.15, -0.1) is 0 Å². The second-order valence-corrected chi connectivity index (χ2v) is 14.6. The molecule has 0 fully saturated rings. The normalized spacial score (nSPS) is 14.6. The highest BCUT2D eigenvalue weighted by Gasteiger charge is 2.25. The lowest BCUT2D eigenvalue weighted by Gasteiger charge is -2.15. The number of hydrogen-bond donors (Lipinski definition) is 0. The van der Waals surface area contributed by atoms with Gasteiger partial charge in [0.1, 0.15) is 23.3 Å². The summed E-state index contributed by atoms with van der Waals surface area (Å²) >= 11 is 0. The van der Waals surface area contributed by atoms with E-state index in [4.69, 9.17) is 0 Å². The first-order chi connectivity index (χ1) is 22.3. The Hall–Kier alpha value is -4.49. The van der Waals surface area contributed by atoms with Gasteiger partial charge in [-0.25, -0.2) is 26.0 Å². The van der Waals surface area contributed by atoms with Gasteiger partial charge < -0.3 is 0 Å². The predicted molar refractivity (Wildman–Crippen MR) is 182 cm³/mol. The summed E-state index contributed by atoms with van der Waals surface area (Å²) in [6, 6.07) is 15.8. The monoisotopic (exact) mass is 654 g/mol. The van der Waals surface area contributed by atoms with Crippen LogP contribution in [-0.2, 0) is 21.3 Å². The molecule has 0 unspecified atom stereocenters. The lowest BCUT2D eigenvalue weighted by molar-refractivity contribution is 0.570. The summed E-state index contributed by atoms with van der Waals surface area (Å²) in [4.78, 5) is 0. The third kappa shape index (κ3) is 6.82. The van der Waals surface area contributed by atoms with Crippen LogP contribution in [0.4, 0.5) is 17.6 Å². The quantitative estimate of drug-likeness (QED) is 0.177. The number of allylic oxidation sites excluding steroid dienone is 8. The molecule has 0 saturated heterocycles. The molecule has 2 aliphatic carbocycles. The maximum absolute atomic E-state index is 15.5. The van der Waals surface area contributed by atoms with E-state index in [0.717, 1.165) is 68.8 Å². The van der Waals surface area contributed by atoms with Crippen LogP contribution in [0.25, 0.3) is 22.3 Å². The summed E-state index contributed by atoms with van der Waals surface area (Å²) < 4.78 is 88.1. The van der Waals surface area contributed by atoms with Crippen LogP contribution in [0.15, 0.2) is 85.0 Å². The Balaban J connectivity index is 1.22. The molecule has 47 heavy (non-hydrogen) atoms. The molecule has 7 heteroatoms. The number of halogens is 4. The van der Waals surface area contributed by atoms with Crippen molar-refractivity contribution < 1.29 is 26.0 Å². The van der Waals surface area contributed by atoms with Gasteiger partial charge in [0.2, 0.25) is 0 Å². The van der Waals surface area contributed by atoms with E-state index < -0.39 is 44.6 Å². The highest BCUT2D eigenvalue weighted by molar-refractivity contribution is 7.89. The van der Waals surface area contributed by atoms with Crippen molar-refractivity contribution in [3.05, 3.63) is 164 Å². The molecule has 0 aliphatic heterocycles. The van der Waals surface area contributed by atoms with Crippen molar-refractivity contribution in [2.45, 2.75) is 52.0 Å². The van der Waals surface area contributed by atoms with E-state index in [1.165, 1.54) is 0 Å². The molecule has 0 spiro atoms. The zero-order valence-corrected chi connectivity index (χ0v) is 27.5. The van der Waals surface area contributed by atoms with Crippen LogP contribution in [-0.4, -0.2) is 8.42 Å². The van der Waals surface area contributed by atoms with Gasteiger partial charge >= 0.3 is 0 Å². The molecule has 0 amide bonds. The Labute approximate surface area is 273 Å². The first-order valence-corrected chi connectivity index (χ1v) is 17.3. The number of rotatable bonds is 8. The van der Waals surface area contributed by atoms with Crippen molar-refractivity contribution in [1.29, 1.82) is 0 Å². The van der Waals surface area contributed by atoms with Gasteiger partial charge in [-0.3, -0.25) is 0 Å². The predicted octanol–water partition coefficient (Wildman–Crippen LogP) is 10.3. The zero-order valence-electron chi connectivity index (χ0n) is 26.6. The van der Waals surface area contributed by atoms with Crippen molar-refractivity contribution in [3.8, 4) is 0 Å². The number of benzene rings is 4. The van der Waals surface area contributed by atoms with Gasteiger partial charge in [-0.1, -0.05) is 83.0 Å². The molecule has 0 aromatic heterocycles. The van der Waals surface area contributed by atoms with Crippen molar-refractivity contribution in [3.63, 3.8) is 0 Å². The highest BCUT2D eigenvalue weighted by Crippen LogP contribution is 2.40. The minimum atomic E-state index is -4.22. The molecule has 0 N–H and O–H groups in total. The average Bonchev–Trinajstić information content (AvgIpc) is 3.66. The Morgan fingerprint density at radius 3 is 1.17 bits per heavy atom. The summed E-state index contributed by atoms with van der Waals surface area (Å²) in [6.07, 6.45) is 8.62. The van der Waals surface area contributed by atoms with Gasteiger partial charge in [-0.05, 0) is 98.2 Å². The highest BCUT2D eigenvalue weighted by atomic mass is 32.2. The Morgan fingerprint density at radius 2 is 0.809 bits per heavy atom. The summed E-state index contributed by atoms with van der Waals surface area (Å²) in [5.74, 6) is -5.06. The van der Waals surface area contributed by atoms with Crippen LogP contribution in [0.3, 0.4) is 0 Å². The average molecular weight is 655 g/mol. The van der Waals surface area contributed by atoms with Gasteiger partial charge in [0.15, 0.2) is 9.84 Å². The van der Waals surface area contributed by atoms with Crippen molar-refractivity contribution in [1.82, 2.24) is 0 Å². The fraction of sp³-hybridized carbons (Fsp3) is 0.200. The Bertz CT molecular complexity index is 2000. The van der Waals surface area contributed by atoms with E-state index in [-0.39, 0.29) is 22.3 Å². The summed E-state index contributed by atoms with van der Waals surface area (Å²) in [7, 11) is -4.22. The maximum atomic E-state index is 15.5. The van der Waals surface area contributed by atoms with Crippen molar-refractivity contribution in [2.75, 3.05) is 0 Å². The summed E-state index contributed by atoms with van der Waals surface area (Å²) in [6.45, 7) is 7.86. The summed E-state index contributed by atoms with van der Waals surface area (Å²) in [5.41, 5.74) is 7.88. The first-order valence-electron chi connectivity index (χ1n) is 15.4. The molecule has 0 bridgehead atoms. The Kier molecular flexibility index (Phi) is 8.70. The molecule has 0 atom stereocenters. The van der Waals surface area contributed by atoms with Crippen LogP contribution >= 0.6 is 0 Å². The number of aryl methyl sites for hydroxylation is 4. The third-order valence-electron chi connectivity index (χ3n) is 8.54. The van der Waals surface area contributed by atoms with E-state index in [1.807, 2.05) is 88.4 Å². The molecule has 0 radical (unpaired) electrons. The van der Waals surface area contributed by atoms with Crippen LogP contribution < -0.4 is 0 Å². The molecule has 4 aromatic carbocycles. The second-order valence-electron chi connectivity index (χ2n) is 12.6. The van der Waals surface area contributed by atoms with Gasteiger partial charge in [0, 0.05) is 22.3 Å². The van der Waals surface area contributed by atoms with Gasteiger partial charge in [0.25, 0.3) is 0 Å². The van der Waals surface area contributed by atoms with Crippen molar-refractivity contribution >= 4 is 32.1 Å². The van der Waals surface area contributed by atoms with Crippen LogP contribution in [0.5, 0.6) is 0 Å². The topological polar surface area (TPSA) is 34.1 Å². The molecule has 0 heterocycles. The number of sulfone groups is 1. The zero-order chi connectivity index (χ0) is 33.6. The van der Waals surface area contributed by atoms with Crippen LogP contribution in [0, 0.1) is 51.0 Å². The van der Waals surface area contributed by atoms with E-state index in [0.29, 0.717) is 24.0 Å². The largest absolute Gasteiger partial charge is 0.228 e. The molecule has 0 saturated carbocycles. The van der Waals surface area contributed by atoms with E-state index >= 15 is 17.6 Å². The molecular formula is C40H34F4O2S. The molecule has 6 rings (SSSR count). The smallest absolute Gasteiger partial charge is 0.158 e. The van der Waals surface area contributed by atoms with E-state index in [9.17, 15) is 8.42 Å². The molecular weight excluding hydrogens is 620 g/mol. The second kappa shape index (κ2) is 12.6. The first kappa shape index (κ1) is 32.5. The van der Waals surface area contributed by atoms with Crippen molar-refractivity contribution in [2.24, 2.45) is 0 Å². The lowest BCUT2D eigenvalue weighted by Crippen LogP contribution is -2.12. The fourth-order valence-electron chi connectivity index (χ4n) is 6.68. The fourth-order valence-corrected chi connectivity index (χ4v) is 8.17. The van der Waals surface area contributed by atoms with Crippen LogP contribution in [0.2, 0.25) is 0 Å². The Morgan fingerprint density at radius 1 is 0.468 bits per heavy atom. The molecule has 4 aromatic rings. The maximum Gasteiger partial charge on any atom is 0.158 e. The molecule has 2 aliphatic rings. The van der Waals surface area contributed by atoms with Crippen LogP contribution in [0.1, 0.15) is 68.5 Å². The lowest BCUT2D eigenvalue weighted by atomic mass is 9.92. The number of hydrogen-bond acceptors (Lipinski definition) is 2. The standard InChI is InChI=1S/C40H34F4O2S/c1-23-11-24(2)14-27(13-23)31-7-5-9-33(31)35-19-37(41)29(17-39(35)43)21-47(45,46)22-30-18-40(44)36(20-38(30)42)34-10-6-8-32(34)28-15-25(3)12-26(4)16-28/h7-20H,5-6,21-22H2,1-4H3. The van der Waals surface area contributed by atoms with Gasteiger partial charge in [0.05, 0.1) is 11.5 Å². The third-order valence-corrected chi connectivity index (χ3v) is 10.0. The molecule has 2 nitrogen and oxygen atoms in total. The summed E-state index contributed by atoms with van der Waals surface area (Å²) in [5, 5.41) is 0. The van der Waals surface area contributed by atoms with E-state index in [2.05, 4.69) is 0 Å². The van der Waals surface area contributed by atoms with E-state index in [1.54, 1.807) is 0 Å². The minimum absolute atomic E-state index is 0.0331.